The van der Waals surface area contributed by atoms with E-state index in [1.165, 1.54) is 29.9 Å². The van der Waals surface area contributed by atoms with E-state index < -0.39 is 11.5 Å². The van der Waals surface area contributed by atoms with Crippen LogP contribution in [0.5, 0.6) is 0 Å². The molecule has 0 aliphatic heterocycles. The number of fused-ring (bicyclic) bond motifs is 1. The van der Waals surface area contributed by atoms with Crippen LogP contribution in [0.15, 0.2) is 28.8 Å². The molecule has 0 saturated heterocycles. The number of H-pyrrole nitrogens is 1. The first kappa shape index (κ1) is 11.5. The van der Waals surface area contributed by atoms with Crippen LogP contribution in [0.2, 0.25) is 0 Å². The van der Waals surface area contributed by atoms with Crippen molar-refractivity contribution >= 4 is 27.5 Å². The lowest BCUT2D eigenvalue weighted by molar-refractivity contribution is 0.0683. The number of hydrogen-bond acceptors (Lipinski definition) is 6. The third kappa shape index (κ3) is 1.87. The predicted molar refractivity (Wildman–Crippen MR) is 68.2 cm³/mol. The number of aromatic carboxylic acids is 1. The summed E-state index contributed by atoms with van der Waals surface area (Å²) in [6, 6.07) is 0. The molecule has 7 nitrogen and oxygen atoms in total. The van der Waals surface area contributed by atoms with E-state index >= 15 is 0 Å². The Morgan fingerprint density at radius 1 is 1.37 bits per heavy atom. The van der Waals surface area contributed by atoms with Crippen LogP contribution < -0.4 is 5.56 Å². The number of aromatic amines is 1. The van der Waals surface area contributed by atoms with E-state index in [1.54, 1.807) is 5.38 Å². The quantitative estimate of drug-likeness (QED) is 0.725. The summed E-state index contributed by atoms with van der Waals surface area (Å²) in [5.74, 6) is -1.64. The molecule has 0 radical (unpaired) electrons. The van der Waals surface area contributed by atoms with Crippen molar-refractivity contribution in [2.75, 3.05) is 0 Å². The van der Waals surface area contributed by atoms with Crippen molar-refractivity contribution in [3.8, 4) is 11.3 Å². The van der Waals surface area contributed by atoms with Gasteiger partial charge in [0.05, 0.1) is 17.3 Å². The summed E-state index contributed by atoms with van der Waals surface area (Å²) in [6.07, 6.45) is 4.58. The second kappa shape index (κ2) is 4.25. The highest BCUT2D eigenvalue weighted by Gasteiger charge is 2.16. The Morgan fingerprint density at radius 2 is 2.21 bits per heavy atom. The lowest BCUT2D eigenvalue weighted by Crippen LogP contribution is -2.15. The summed E-state index contributed by atoms with van der Waals surface area (Å²) in [6.45, 7) is 0. The van der Waals surface area contributed by atoms with Crippen LogP contribution >= 0.6 is 11.3 Å². The van der Waals surface area contributed by atoms with Gasteiger partial charge in [-0.2, -0.15) is 0 Å². The summed E-state index contributed by atoms with van der Waals surface area (Å²) < 4.78 is 0. The van der Waals surface area contributed by atoms with Gasteiger partial charge in [-0.3, -0.25) is 14.8 Å². The highest BCUT2D eigenvalue weighted by atomic mass is 32.1. The van der Waals surface area contributed by atoms with Gasteiger partial charge in [-0.05, 0) is 0 Å². The molecule has 3 aromatic heterocycles. The molecule has 3 heterocycles. The maximum atomic E-state index is 12.0. The Kier molecular flexibility index (Phi) is 2.57. The van der Waals surface area contributed by atoms with Crippen LogP contribution in [0.3, 0.4) is 0 Å². The van der Waals surface area contributed by atoms with Gasteiger partial charge in [-0.1, -0.05) is 0 Å². The first-order valence-corrected chi connectivity index (χ1v) is 6.06. The molecule has 0 atom stereocenters. The topological polar surface area (TPSA) is 109 Å². The number of carboxylic acids is 1. The third-order valence-corrected chi connectivity index (χ3v) is 3.36. The SMILES string of the molecule is O=C(O)c1nc2scc(-c3cnccn3)c2c(=O)[nH]1. The Hall–Kier alpha value is -2.61. The van der Waals surface area contributed by atoms with Crippen LogP contribution in [0.4, 0.5) is 0 Å². The number of carbonyl (C=O) groups is 1. The second-order valence-electron chi connectivity index (χ2n) is 3.64. The molecule has 0 saturated carbocycles. The maximum Gasteiger partial charge on any atom is 0.372 e. The molecule has 8 heteroatoms. The zero-order valence-electron chi connectivity index (χ0n) is 9.32. The lowest BCUT2D eigenvalue weighted by atomic mass is 10.2. The average molecular weight is 274 g/mol. The number of hydrogen-bond donors (Lipinski definition) is 2. The van der Waals surface area contributed by atoms with Crippen molar-refractivity contribution in [1.29, 1.82) is 0 Å². The Bertz CT molecular complexity index is 825. The molecule has 0 spiro atoms. The molecule has 94 valence electrons. The molecule has 19 heavy (non-hydrogen) atoms. The first-order chi connectivity index (χ1) is 9.16. The van der Waals surface area contributed by atoms with Crippen molar-refractivity contribution in [3.05, 3.63) is 40.1 Å². The second-order valence-corrected chi connectivity index (χ2v) is 4.50. The Balaban J connectivity index is 2.31. The van der Waals surface area contributed by atoms with E-state index in [0.717, 1.165) is 0 Å². The van der Waals surface area contributed by atoms with Gasteiger partial charge in [0.2, 0.25) is 5.82 Å². The normalized spacial score (nSPS) is 10.7. The van der Waals surface area contributed by atoms with E-state index in [1.807, 2.05) is 0 Å². The number of thiophene rings is 1. The fourth-order valence-corrected chi connectivity index (χ4v) is 2.61. The summed E-state index contributed by atoms with van der Waals surface area (Å²) in [7, 11) is 0. The van der Waals surface area contributed by atoms with Crippen LogP contribution in [0, 0.1) is 0 Å². The van der Waals surface area contributed by atoms with Crippen molar-refractivity contribution in [2.24, 2.45) is 0 Å². The predicted octanol–water partition coefficient (Wildman–Crippen LogP) is 1.14. The third-order valence-electron chi connectivity index (χ3n) is 2.49. The molecule has 3 rings (SSSR count). The fraction of sp³-hybridized carbons (Fsp3) is 0. The minimum Gasteiger partial charge on any atom is -0.475 e. The van der Waals surface area contributed by atoms with Crippen molar-refractivity contribution in [2.45, 2.75) is 0 Å². The fourth-order valence-electron chi connectivity index (χ4n) is 1.68. The van der Waals surface area contributed by atoms with E-state index in [-0.39, 0.29) is 5.82 Å². The van der Waals surface area contributed by atoms with Crippen LogP contribution in [-0.4, -0.2) is 31.0 Å². The van der Waals surface area contributed by atoms with Crippen molar-refractivity contribution in [1.82, 2.24) is 19.9 Å². The molecule has 0 aliphatic rings. The van der Waals surface area contributed by atoms with Crippen molar-refractivity contribution in [3.63, 3.8) is 0 Å². The zero-order chi connectivity index (χ0) is 13.4. The average Bonchev–Trinajstić information content (AvgIpc) is 2.84. The molecule has 0 unspecified atom stereocenters. The van der Waals surface area contributed by atoms with Crippen LogP contribution in [-0.2, 0) is 0 Å². The highest BCUT2D eigenvalue weighted by Crippen LogP contribution is 2.28. The minimum absolute atomic E-state index is 0.329. The summed E-state index contributed by atoms with van der Waals surface area (Å²) in [5, 5.41) is 10.9. The van der Waals surface area contributed by atoms with Gasteiger partial charge < -0.3 is 10.1 Å². The summed E-state index contributed by atoms with van der Waals surface area (Å²) >= 11 is 1.19. The van der Waals surface area contributed by atoms with Gasteiger partial charge in [0.1, 0.15) is 4.83 Å². The number of carboxylic acid groups (broad SMARTS) is 1. The van der Waals surface area contributed by atoms with Crippen LogP contribution in [0.25, 0.3) is 21.5 Å². The lowest BCUT2D eigenvalue weighted by Gasteiger charge is -1.97. The summed E-state index contributed by atoms with van der Waals surface area (Å²) in [4.78, 5) is 37.3. The molecular formula is C11H6N4O3S. The van der Waals surface area contributed by atoms with Gasteiger partial charge in [-0.15, -0.1) is 11.3 Å². The molecular weight excluding hydrogens is 268 g/mol. The molecule has 0 bridgehead atoms. The standard InChI is InChI=1S/C11H6N4O3S/c16-9-7-5(6-3-12-1-2-13-6)4-19-10(7)15-8(14-9)11(17)18/h1-4H,(H,17,18)(H,14,15,16). The monoisotopic (exact) mass is 274 g/mol. The summed E-state index contributed by atoms with van der Waals surface area (Å²) in [5.41, 5.74) is 0.646. The van der Waals surface area contributed by atoms with E-state index in [4.69, 9.17) is 5.11 Å². The molecule has 2 N–H and O–H groups in total. The molecule has 0 amide bonds. The maximum absolute atomic E-state index is 12.0. The molecule has 0 fully saturated rings. The van der Waals surface area contributed by atoms with Crippen molar-refractivity contribution < 1.29 is 9.90 Å². The van der Waals surface area contributed by atoms with Gasteiger partial charge in [0, 0.05) is 23.3 Å². The molecule has 0 aromatic carbocycles. The van der Waals surface area contributed by atoms with E-state index in [0.29, 0.717) is 21.5 Å². The number of rotatable bonds is 2. The van der Waals surface area contributed by atoms with Gasteiger partial charge in [-0.25, -0.2) is 9.78 Å². The number of nitrogens with zero attached hydrogens (tertiary/aromatic N) is 3. The first-order valence-electron chi connectivity index (χ1n) is 5.18. The Labute approximate surface area is 109 Å². The molecule has 3 aromatic rings. The van der Waals surface area contributed by atoms with Gasteiger partial charge in [0.25, 0.3) is 5.56 Å². The smallest absolute Gasteiger partial charge is 0.372 e. The van der Waals surface area contributed by atoms with E-state index in [9.17, 15) is 9.59 Å². The largest absolute Gasteiger partial charge is 0.475 e. The van der Waals surface area contributed by atoms with Crippen LogP contribution in [0.1, 0.15) is 10.6 Å². The zero-order valence-corrected chi connectivity index (χ0v) is 10.1. The molecule has 0 aliphatic carbocycles. The Morgan fingerprint density at radius 3 is 2.89 bits per heavy atom. The highest BCUT2D eigenvalue weighted by molar-refractivity contribution is 7.17. The van der Waals surface area contributed by atoms with Gasteiger partial charge >= 0.3 is 5.97 Å². The minimum atomic E-state index is -1.27. The van der Waals surface area contributed by atoms with E-state index in [2.05, 4.69) is 19.9 Å². The van der Waals surface area contributed by atoms with Gasteiger partial charge in [0.15, 0.2) is 0 Å². The number of aromatic nitrogens is 4. The number of nitrogens with one attached hydrogen (secondary N) is 1.